The number of likely N-dealkylation sites (N-methyl/N-ethyl adjacent to an activating group) is 1. The molecule has 0 aliphatic heterocycles. The summed E-state index contributed by atoms with van der Waals surface area (Å²) >= 11 is 1.89. The standard InChI is InChI=1S/C15H27N3S/c1-7-16-9-8-13-11(2)17-14(18-12(13)3)10-19-15(4,5)6/h16H,7-10H2,1-6H3. The highest BCUT2D eigenvalue weighted by Crippen LogP contribution is 2.26. The summed E-state index contributed by atoms with van der Waals surface area (Å²) in [4.78, 5) is 9.31. The Morgan fingerprint density at radius 3 is 2.16 bits per heavy atom. The van der Waals surface area contributed by atoms with Crippen LogP contribution in [0.2, 0.25) is 0 Å². The van der Waals surface area contributed by atoms with Crippen molar-refractivity contribution in [3.63, 3.8) is 0 Å². The van der Waals surface area contributed by atoms with Gasteiger partial charge in [-0.3, -0.25) is 0 Å². The van der Waals surface area contributed by atoms with Gasteiger partial charge in [0.2, 0.25) is 0 Å². The Kier molecular flexibility index (Phi) is 6.27. The number of hydrogen-bond acceptors (Lipinski definition) is 4. The molecule has 0 aliphatic rings. The third-order valence-electron chi connectivity index (χ3n) is 2.90. The number of aromatic nitrogens is 2. The predicted octanol–water partition coefficient (Wildman–Crippen LogP) is 3.28. The van der Waals surface area contributed by atoms with E-state index in [1.54, 1.807) is 0 Å². The van der Waals surface area contributed by atoms with Crippen LogP contribution >= 0.6 is 11.8 Å². The average molecular weight is 281 g/mol. The van der Waals surface area contributed by atoms with Gasteiger partial charge in [0.25, 0.3) is 0 Å². The summed E-state index contributed by atoms with van der Waals surface area (Å²) < 4.78 is 0.259. The summed E-state index contributed by atoms with van der Waals surface area (Å²) in [6.07, 6.45) is 1.01. The van der Waals surface area contributed by atoms with Gasteiger partial charge in [0.1, 0.15) is 5.82 Å². The van der Waals surface area contributed by atoms with Crippen molar-refractivity contribution in [1.29, 1.82) is 0 Å². The van der Waals surface area contributed by atoms with Crippen molar-refractivity contribution in [3.8, 4) is 0 Å². The number of rotatable bonds is 6. The molecule has 1 N–H and O–H groups in total. The molecule has 1 rings (SSSR count). The van der Waals surface area contributed by atoms with Gasteiger partial charge in [0.15, 0.2) is 0 Å². The van der Waals surface area contributed by atoms with E-state index in [0.29, 0.717) is 0 Å². The molecule has 3 nitrogen and oxygen atoms in total. The maximum atomic E-state index is 4.66. The number of nitrogens with zero attached hydrogens (tertiary/aromatic N) is 2. The minimum absolute atomic E-state index is 0.259. The van der Waals surface area contributed by atoms with Crippen LogP contribution in [0, 0.1) is 13.8 Å². The number of thioether (sulfide) groups is 1. The van der Waals surface area contributed by atoms with Gasteiger partial charge in [-0.25, -0.2) is 9.97 Å². The van der Waals surface area contributed by atoms with Crippen LogP contribution in [0.15, 0.2) is 0 Å². The normalized spacial score (nSPS) is 11.9. The Hall–Kier alpha value is -0.610. The average Bonchev–Trinajstić information content (AvgIpc) is 2.29. The monoisotopic (exact) mass is 281 g/mol. The zero-order valence-electron chi connectivity index (χ0n) is 13.1. The largest absolute Gasteiger partial charge is 0.317 e. The quantitative estimate of drug-likeness (QED) is 0.812. The van der Waals surface area contributed by atoms with Crippen molar-refractivity contribution in [1.82, 2.24) is 15.3 Å². The Bertz CT molecular complexity index is 387. The highest BCUT2D eigenvalue weighted by atomic mass is 32.2. The molecule has 0 unspecified atom stereocenters. The lowest BCUT2D eigenvalue weighted by Gasteiger charge is -2.17. The minimum Gasteiger partial charge on any atom is -0.317 e. The van der Waals surface area contributed by atoms with Gasteiger partial charge in [0.05, 0.1) is 5.75 Å². The summed E-state index contributed by atoms with van der Waals surface area (Å²) in [7, 11) is 0. The molecule has 0 saturated heterocycles. The van der Waals surface area contributed by atoms with Crippen LogP contribution in [0.3, 0.4) is 0 Å². The smallest absolute Gasteiger partial charge is 0.138 e. The summed E-state index contributed by atoms with van der Waals surface area (Å²) in [6, 6.07) is 0. The Morgan fingerprint density at radius 1 is 1.11 bits per heavy atom. The maximum absolute atomic E-state index is 4.66. The zero-order chi connectivity index (χ0) is 14.5. The van der Waals surface area contributed by atoms with Gasteiger partial charge in [-0.15, -0.1) is 11.8 Å². The molecule has 1 aromatic heterocycles. The van der Waals surface area contributed by atoms with Crippen molar-refractivity contribution < 1.29 is 0 Å². The van der Waals surface area contributed by atoms with Gasteiger partial charge in [-0.1, -0.05) is 27.7 Å². The second kappa shape index (κ2) is 7.25. The minimum atomic E-state index is 0.259. The highest BCUT2D eigenvalue weighted by molar-refractivity contribution is 7.99. The first-order valence-electron chi connectivity index (χ1n) is 7.01. The predicted molar refractivity (Wildman–Crippen MR) is 84.8 cm³/mol. The molecule has 108 valence electrons. The summed E-state index contributed by atoms with van der Waals surface area (Å²) in [6.45, 7) is 15.0. The van der Waals surface area contributed by atoms with Gasteiger partial charge in [0, 0.05) is 16.1 Å². The Morgan fingerprint density at radius 2 is 1.68 bits per heavy atom. The van der Waals surface area contributed by atoms with E-state index in [4.69, 9.17) is 0 Å². The summed E-state index contributed by atoms with van der Waals surface area (Å²) in [5, 5.41) is 3.35. The molecule has 0 fully saturated rings. The lowest BCUT2D eigenvalue weighted by atomic mass is 10.1. The van der Waals surface area contributed by atoms with E-state index in [9.17, 15) is 0 Å². The molecule has 4 heteroatoms. The van der Waals surface area contributed by atoms with Gasteiger partial charge >= 0.3 is 0 Å². The molecular weight excluding hydrogens is 254 g/mol. The Balaban J connectivity index is 2.73. The second-order valence-corrected chi connectivity index (χ2v) is 7.60. The van der Waals surface area contributed by atoms with E-state index in [2.05, 4.69) is 56.8 Å². The molecule has 0 saturated carbocycles. The first kappa shape index (κ1) is 16.4. The molecule has 0 spiro atoms. The molecule has 0 aliphatic carbocycles. The van der Waals surface area contributed by atoms with E-state index < -0.39 is 0 Å². The molecule has 19 heavy (non-hydrogen) atoms. The first-order chi connectivity index (χ1) is 8.83. The van der Waals surface area contributed by atoms with Crippen molar-refractivity contribution in [2.75, 3.05) is 13.1 Å². The van der Waals surface area contributed by atoms with Crippen molar-refractivity contribution in [2.45, 2.75) is 58.5 Å². The molecule has 0 radical (unpaired) electrons. The number of hydrogen-bond donors (Lipinski definition) is 1. The van der Waals surface area contributed by atoms with Gasteiger partial charge in [-0.2, -0.15) is 0 Å². The first-order valence-corrected chi connectivity index (χ1v) is 7.99. The van der Waals surface area contributed by atoms with E-state index >= 15 is 0 Å². The van der Waals surface area contributed by atoms with Crippen molar-refractivity contribution in [2.24, 2.45) is 0 Å². The van der Waals surface area contributed by atoms with Gasteiger partial charge in [-0.05, 0) is 38.9 Å². The molecular formula is C15H27N3S. The van der Waals surface area contributed by atoms with Crippen LogP contribution in [-0.4, -0.2) is 27.8 Å². The van der Waals surface area contributed by atoms with E-state index in [1.807, 2.05) is 11.8 Å². The van der Waals surface area contributed by atoms with Crippen LogP contribution < -0.4 is 5.32 Å². The SMILES string of the molecule is CCNCCc1c(C)nc(CSC(C)(C)C)nc1C. The Labute approximate surface area is 122 Å². The van der Waals surface area contributed by atoms with Gasteiger partial charge < -0.3 is 5.32 Å². The molecule has 0 bridgehead atoms. The number of nitrogens with one attached hydrogen (secondary N) is 1. The van der Waals surface area contributed by atoms with Crippen LogP contribution in [0.5, 0.6) is 0 Å². The topological polar surface area (TPSA) is 37.8 Å². The fraction of sp³-hybridized carbons (Fsp3) is 0.733. The summed E-state index contributed by atoms with van der Waals surface area (Å²) in [5.41, 5.74) is 3.57. The van der Waals surface area contributed by atoms with Crippen molar-refractivity contribution >= 4 is 11.8 Å². The van der Waals surface area contributed by atoms with E-state index in [0.717, 1.165) is 42.5 Å². The highest BCUT2D eigenvalue weighted by Gasteiger charge is 2.13. The third kappa shape index (κ3) is 5.91. The molecule has 0 amide bonds. The van der Waals surface area contributed by atoms with Crippen molar-refractivity contribution in [3.05, 3.63) is 22.8 Å². The van der Waals surface area contributed by atoms with Crippen LogP contribution in [0.1, 0.15) is 50.5 Å². The van der Waals surface area contributed by atoms with Crippen LogP contribution in [0.4, 0.5) is 0 Å². The van der Waals surface area contributed by atoms with Crippen LogP contribution in [0.25, 0.3) is 0 Å². The fourth-order valence-corrected chi connectivity index (χ4v) is 2.60. The van der Waals surface area contributed by atoms with E-state index in [1.165, 1.54) is 5.56 Å². The van der Waals surface area contributed by atoms with E-state index in [-0.39, 0.29) is 4.75 Å². The lowest BCUT2D eigenvalue weighted by molar-refractivity contribution is 0.706. The molecule has 0 aromatic carbocycles. The lowest BCUT2D eigenvalue weighted by Crippen LogP contribution is -2.18. The summed E-state index contributed by atoms with van der Waals surface area (Å²) in [5.74, 6) is 1.85. The molecule has 1 aromatic rings. The molecule has 1 heterocycles. The molecule has 0 atom stereocenters. The fourth-order valence-electron chi connectivity index (χ4n) is 1.91. The zero-order valence-corrected chi connectivity index (χ0v) is 13.9. The third-order valence-corrected chi connectivity index (χ3v) is 4.17. The maximum Gasteiger partial charge on any atom is 0.138 e. The van der Waals surface area contributed by atoms with Crippen LogP contribution in [-0.2, 0) is 12.2 Å². The number of aryl methyl sites for hydroxylation is 2. The second-order valence-electron chi connectivity index (χ2n) is 5.79.